The molecule has 5 nitrogen and oxygen atoms in total. The number of hydrogen-bond acceptors (Lipinski definition) is 5. The molecule has 0 unspecified atom stereocenters. The maximum absolute atomic E-state index is 5.58. The van der Waals surface area contributed by atoms with Crippen molar-refractivity contribution in [3.05, 3.63) is 35.7 Å². The minimum atomic E-state index is -0.0311. The van der Waals surface area contributed by atoms with Gasteiger partial charge in [0.15, 0.2) is 0 Å². The lowest BCUT2D eigenvalue weighted by molar-refractivity contribution is 0.208. The van der Waals surface area contributed by atoms with E-state index in [-0.39, 0.29) is 5.54 Å². The molecule has 5 heteroatoms. The minimum absolute atomic E-state index is 0.0311. The first-order chi connectivity index (χ1) is 11.7. The average Bonchev–Trinajstić information content (AvgIpc) is 3.27. The molecule has 0 bridgehead atoms. The summed E-state index contributed by atoms with van der Waals surface area (Å²) in [6.45, 7) is 3.43. The molecule has 0 spiro atoms. The van der Waals surface area contributed by atoms with E-state index in [9.17, 15) is 0 Å². The van der Waals surface area contributed by atoms with Gasteiger partial charge in [-0.3, -0.25) is 9.80 Å². The van der Waals surface area contributed by atoms with Crippen molar-refractivity contribution in [1.29, 1.82) is 0 Å². The third-order valence-electron chi connectivity index (χ3n) is 5.44. The summed E-state index contributed by atoms with van der Waals surface area (Å²) in [4.78, 5) is 9.42. The second-order valence-electron chi connectivity index (χ2n) is 7.39. The Balaban J connectivity index is 1.52. The van der Waals surface area contributed by atoms with Crippen molar-refractivity contribution in [2.75, 3.05) is 27.2 Å². The predicted octanol–water partition coefficient (Wildman–Crippen LogP) is 3.27. The van der Waals surface area contributed by atoms with Gasteiger partial charge in [0.2, 0.25) is 11.7 Å². The number of rotatable bonds is 5. The van der Waals surface area contributed by atoms with Gasteiger partial charge in [0, 0.05) is 12.1 Å². The molecule has 0 N–H and O–H groups in total. The van der Waals surface area contributed by atoms with E-state index in [4.69, 9.17) is 9.51 Å². The SMILES string of the molecule is CN(C)C1(c2nc(-c3cccc(CN4CCCCC4)c3)no2)CC1. The van der Waals surface area contributed by atoms with Crippen molar-refractivity contribution in [1.82, 2.24) is 19.9 Å². The van der Waals surface area contributed by atoms with Gasteiger partial charge in [-0.25, -0.2) is 0 Å². The fraction of sp³-hybridized carbons (Fsp3) is 0.579. The first-order valence-corrected chi connectivity index (χ1v) is 9.01. The molecular weight excluding hydrogens is 300 g/mol. The van der Waals surface area contributed by atoms with Crippen LogP contribution in [0.2, 0.25) is 0 Å². The largest absolute Gasteiger partial charge is 0.337 e. The molecule has 24 heavy (non-hydrogen) atoms. The first kappa shape index (κ1) is 15.8. The van der Waals surface area contributed by atoms with Crippen LogP contribution in [0.15, 0.2) is 28.8 Å². The Labute approximate surface area is 143 Å². The topological polar surface area (TPSA) is 45.4 Å². The summed E-state index contributed by atoms with van der Waals surface area (Å²) in [6.07, 6.45) is 6.20. The zero-order chi connectivity index (χ0) is 16.6. The highest BCUT2D eigenvalue weighted by molar-refractivity contribution is 5.55. The van der Waals surface area contributed by atoms with Gasteiger partial charge in [0.25, 0.3) is 0 Å². The maximum Gasteiger partial charge on any atom is 0.247 e. The van der Waals surface area contributed by atoms with Gasteiger partial charge >= 0.3 is 0 Å². The zero-order valence-electron chi connectivity index (χ0n) is 14.7. The summed E-state index contributed by atoms with van der Waals surface area (Å²) in [5, 5.41) is 4.24. The Hall–Kier alpha value is -1.72. The second-order valence-corrected chi connectivity index (χ2v) is 7.39. The maximum atomic E-state index is 5.58. The van der Waals surface area contributed by atoms with Crippen LogP contribution in [0, 0.1) is 0 Å². The molecule has 1 saturated carbocycles. The van der Waals surface area contributed by atoms with Gasteiger partial charge in [0.1, 0.15) is 5.54 Å². The molecule has 2 aliphatic rings. The molecular formula is C19H26N4O. The Morgan fingerprint density at radius 1 is 1.17 bits per heavy atom. The lowest BCUT2D eigenvalue weighted by Gasteiger charge is -2.26. The second kappa shape index (κ2) is 6.30. The molecule has 0 atom stereocenters. The van der Waals surface area contributed by atoms with Crippen LogP contribution in [0.3, 0.4) is 0 Å². The molecule has 2 heterocycles. The van der Waals surface area contributed by atoms with Crippen molar-refractivity contribution in [2.24, 2.45) is 0 Å². The van der Waals surface area contributed by atoms with Crippen molar-refractivity contribution in [2.45, 2.75) is 44.2 Å². The Kier molecular flexibility index (Phi) is 4.14. The molecule has 0 radical (unpaired) electrons. The molecule has 1 aliphatic heterocycles. The highest BCUT2D eigenvalue weighted by Crippen LogP contribution is 2.49. The number of piperidine rings is 1. The van der Waals surface area contributed by atoms with Crippen LogP contribution in [0.1, 0.15) is 43.6 Å². The van der Waals surface area contributed by atoms with Gasteiger partial charge in [-0.15, -0.1) is 0 Å². The van der Waals surface area contributed by atoms with Gasteiger partial charge in [-0.1, -0.05) is 29.8 Å². The highest BCUT2D eigenvalue weighted by atomic mass is 16.5. The molecule has 1 aliphatic carbocycles. The quantitative estimate of drug-likeness (QED) is 0.844. The normalized spacial score (nSPS) is 20.5. The first-order valence-electron chi connectivity index (χ1n) is 9.01. The van der Waals surface area contributed by atoms with Crippen molar-refractivity contribution >= 4 is 0 Å². The summed E-state index contributed by atoms with van der Waals surface area (Å²) < 4.78 is 5.58. The zero-order valence-corrected chi connectivity index (χ0v) is 14.7. The average molecular weight is 326 g/mol. The van der Waals surface area contributed by atoms with Crippen LogP contribution < -0.4 is 0 Å². The lowest BCUT2D eigenvalue weighted by Crippen LogP contribution is -2.29. The fourth-order valence-corrected chi connectivity index (χ4v) is 3.69. The minimum Gasteiger partial charge on any atom is -0.337 e. The number of hydrogen-bond donors (Lipinski definition) is 0. The van der Waals surface area contributed by atoms with E-state index in [0.29, 0.717) is 5.82 Å². The van der Waals surface area contributed by atoms with Crippen LogP contribution in [-0.2, 0) is 12.1 Å². The smallest absolute Gasteiger partial charge is 0.247 e. The van der Waals surface area contributed by atoms with Gasteiger partial charge in [-0.2, -0.15) is 4.98 Å². The number of benzene rings is 1. The molecule has 4 rings (SSSR count). The number of aromatic nitrogens is 2. The molecule has 128 valence electrons. The predicted molar refractivity (Wildman–Crippen MR) is 93.5 cm³/mol. The van der Waals surface area contributed by atoms with E-state index < -0.39 is 0 Å². The summed E-state index contributed by atoms with van der Waals surface area (Å²) in [6, 6.07) is 8.58. The van der Waals surface area contributed by atoms with Crippen molar-refractivity contribution in [3.8, 4) is 11.4 Å². The van der Waals surface area contributed by atoms with Crippen LogP contribution in [0.4, 0.5) is 0 Å². The van der Waals surface area contributed by atoms with E-state index in [1.165, 1.54) is 37.9 Å². The van der Waals surface area contributed by atoms with Crippen LogP contribution in [0.25, 0.3) is 11.4 Å². The Bertz CT molecular complexity index is 699. The lowest BCUT2D eigenvalue weighted by atomic mass is 10.1. The Morgan fingerprint density at radius 2 is 1.96 bits per heavy atom. The van der Waals surface area contributed by atoms with Crippen molar-refractivity contribution < 1.29 is 4.52 Å². The number of nitrogens with zero attached hydrogens (tertiary/aromatic N) is 4. The van der Waals surface area contributed by atoms with Gasteiger partial charge in [0.05, 0.1) is 0 Å². The van der Waals surface area contributed by atoms with E-state index in [1.54, 1.807) is 0 Å². The standard InChI is InChI=1S/C19H26N4O/c1-22(2)19(9-10-19)18-20-17(21-24-18)16-8-6-7-15(13-16)14-23-11-4-3-5-12-23/h6-8,13H,3-5,9-12,14H2,1-2H3. The van der Waals surface area contributed by atoms with Crippen LogP contribution >= 0.6 is 0 Å². The van der Waals surface area contributed by atoms with E-state index >= 15 is 0 Å². The van der Waals surface area contributed by atoms with Gasteiger partial charge < -0.3 is 4.52 Å². The van der Waals surface area contributed by atoms with E-state index in [2.05, 4.69) is 53.3 Å². The number of likely N-dealkylation sites (tertiary alicyclic amines) is 1. The summed E-state index contributed by atoms with van der Waals surface area (Å²) in [5.41, 5.74) is 2.35. The van der Waals surface area contributed by atoms with E-state index in [0.717, 1.165) is 30.8 Å². The van der Waals surface area contributed by atoms with Crippen molar-refractivity contribution in [3.63, 3.8) is 0 Å². The monoisotopic (exact) mass is 326 g/mol. The molecule has 1 aromatic heterocycles. The Morgan fingerprint density at radius 3 is 2.67 bits per heavy atom. The van der Waals surface area contributed by atoms with Gasteiger partial charge in [-0.05, 0) is 64.5 Å². The molecule has 1 saturated heterocycles. The molecule has 2 aromatic rings. The summed E-state index contributed by atoms with van der Waals surface area (Å²) in [7, 11) is 4.16. The highest BCUT2D eigenvalue weighted by Gasteiger charge is 2.51. The van der Waals surface area contributed by atoms with Crippen LogP contribution in [0.5, 0.6) is 0 Å². The summed E-state index contributed by atoms with van der Waals surface area (Å²) in [5.74, 6) is 1.46. The molecule has 0 amide bonds. The summed E-state index contributed by atoms with van der Waals surface area (Å²) >= 11 is 0. The van der Waals surface area contributed by atoms with E-state index in [1.807, 2.05) is 0 Å². The molecule has 2 fully saturated rings. The third kappa shape index (κ3) is 2.98. The third-order valence-corrected chi connectivity index (χ3v) is 5.44. The van der Waals surface area contributed by atoms with Crippen LogP contribution in [-0.4, -0.2) is 47.1 Å². The molecule has 1 aromatic carbocycles. The fourth-order valence-electron chi connectivity index (χ4n) is 3.69.